The number of guanidine groups is 1. The predicted octanol–water partition coefficient (Wildman–Crippen LogP) is 3.52. The molecule has 1 atom stereocenters. The van der Waals surface area contributed by atoms with E-state index in [1.54, 1.807) is 7.11 Å². The number of halogens is 1. The number of benzene rings is 2. The first-order valence-electron chi connectivity index (χ1n) is 9.19. The molecule has 4 rings (SSSR count). The number of rotatable bonds is 4. The van der Waals surface area contributed by atoms with Crippen LogP contribution in [-0.4, -0.2) is 44.0 Å². The second-order valence-corrected chi connectivity index (χ2v) is 7.67. The van der Waals surface area contributed by atoms with Crippen molar-refractivity contribution in [1.82, 2.24) is 4.90 Å². The van der Waals surface area contributed by atoms with E-state index in [-0.39, 0.29) is 11.9 Å². The molecule has 0 N–H and O–H groups in total. The number of methoxy groups -OCH3 is 1. The third-order valence-corrected chi connectivity index (χ3v) is 5.70. The fourth-order valence-corrected chi connectivity index (χ4v) is 4.12. The van der Waals surface area contributed by atoms with E-state index in [1.165, 1.54) is 0 Å². The van der Waals surface area contributed by atoms with E-state index in [0.29, 0.717) is 24.1 Å². The molecule has 0 spiro atoms. The number of fused-ring (bicyclic) bond motifs is 3. The van der Waals surface area contributed by atoms with Crippen molar-refractivity contribution in [3.05, 3.63) is 52.5 Å². The Balaban J connectivity index is 1.75. The molecule has 2 aromatic rings. The van der Waals surface area contributed by atoms with Crippen LogP contribution in [-0.2, 0) is 17.9 Å². The van der Waals surface area contributed by atoms with Gasteiger partial charge in [-0.25, -0.2) is 0 Å². The zero-order valence-corrected chi connectivity index (χ0v) is 17.2. The van der Waals surface area contributed by atoms with E-state index < -0.39 is 0 Å². The Morgan fingerprint density at radius 2 is 1.93 bits per heavy atom. The van der Waals surface area contributed by atoms with Crippen molar-refractivity contribution in [2.75, 3.05) is 31.0 Å². The Kier molecular flexibility index (Phi) is 4.67. The minimum atomic E-state index is -0.339. The van der Waals surface area contributed by atoms with Gasteiger partial charge in [0.2, 0.25) is 5.96 Å². The maximum Gasteiger partial charge on any atom is 0.271 e. The highest BCUT2D eigenvalue weighted by molar-refractivity contribution is 6.35. The highest BCUT2D eigenvalue weighted by Crippen LogP contribution is 2.41. The summed E-state index contributed by atoms with van der Waals surface area (Å²) in [4.78, 5) is 22.8. The Labute approximate surface area is 170 Å². The van der Waals surface area contributed by atoms with Crippen molar-refractivity contribution in [2.45, 2.75) is 26.1 Å². The van der Waals surface area contributed by atoms with Gasteiger partial charge in [0.1, 0.15) is 11.8 Å². The summed E-state index contributed by atoms with van der Waals surface area (Å²) in [6, 6.07) is 11.6. The molecular formula is C21H23ClN4O2. The summed E-state index contributed by atoms with van der Waals surface area (Å²) in [6.07, 6.45) is 0. The molecule has 2 aliphatic heterocycles. The summed E-state index contributed by atoms with van der Waals surface area (Å²) < 4.78 is 5.24. The molecule has 1 unspecified atom stereocenters. The zero-order chi connectivity index (χ0) is 20.0. The predicted molar refractivity (Wildman–Crippen MR) is 112 cm³/mol. The molecule has 2 aliphatic rings. The molecular weight excluding hydrogens is 376 g/mol. The molecule has 0 radical (unpaired) electrons. The Bertz CT molecular complexity index is 956. The van der Waals surface area contributed by atoms with Crippen molar-refractivity contribution in [1.29, 1.82) is 0 Å². The lowest BCUT2D eigenvalue weighted by Gasteiger charge is -2.39. The van der Waals surface area contributed by atoms with E-state index >= 15 is 0 Å². The van der Waals surface area contributed by atoms with Crippen molar-refractivity contribution in [2.24, 2.45) is 4.99 Å². The molecule has 0 saturated carbocycles. The van der Waals surface area contributed by atoms with Gasteiger partial charge in [0, 0.05) is 32.7 Å². The van der Waals surface area contributed by atoms with Crippen LogP contribution in [0.4, 0.5) is 11.4 Å². The maximum atomic E-state index is 12.4. The maximum absolute atomic E-state index is 12.4. The van der Waals surface area contributed by atoms with E-state index in [2.05, 4.69) is 9.89 Å². The van der Waals surface area contributed by atoms with Crippen LogP contribution >= 0.6 is 11.6 Å². The average molecular weight is 399 g/mol. The molecule has 0 saturated heterocycles. The first-order valence-corrected chi connectivity index (χ1v) is 9.57. The lowest BCUT2D eigenvalue weighted by atomic mass is 10.0. The topological polar surface area (TPSA) is 48.4 Å². The first kappa shape index (κ1) is 18.6. The Hall–Kier alpha value is -2.73. The molecule has 2 heterocycles. The van der Waals surface area contributed by atoms with E-state index in [9.17, 15) is 4.79 Å². The van der Waals surface area contributed by atoms with Crippen LogP contribution in [0.2, 0.25) is 5.02 Å². The summed E-state index contributed by atoms with van der Waals surface area (Å²) in [7, 11) is 5.60. The van der Waals surface area contributed by atoms with Gasteiger partial charge >= 0.3 is 0 Å². The standard InChI is InChI=1S/C21H23ClN4O2/c1-13-20(27)23-21-25(11-14-5-7-15(28-4)8-6-14)12-16-17(26(13)21)9-10-18(19(16)22)24(2)3/h5-10,13H,11-12H2,1-4H3. The van der Waals surface area contributed by atoms with Gasteiger partial charge in [0.25, 0.3) is 5.91 Å². The van der Waals surface area contributed by atoms with Gasteiger partial charge < -0.3 is 14.5 Å². The van der Waals surface area contributed by atoms with Crippen LogP contribution in [0.25, 0.3) is 0 Å². The zero-order valence-electron chi connectivity index (χ0n) is 16.4. The van der Waals surface area contributed by atoms with Gasteiger partial charge in [-0.3, -0.25) is 9.69 Å². The fourth-order valence-electron chi connectivity index (χ4n) is 3.73. The van der Waals surface area contributed by atoms with Crippen LogP contribution in [0, 0.1) is 0 Å². The van der Waals surface area contributed by atoms with Gasteiger partial charge in [-0.1, -0.05) is 23.7 Å². The second kappa shape index (κ2) is 7.02. The molecule has 2 aromatic carbocycles. The van der Waals surface area contributed by atoms with Gasteiger partial charge in [0.15, 0.2) is 0 Å². The molecule has 6 nitrogen and oxygen atoms in total. The summed E-state index contributed by atoms with van der Waals surface area (Å²) in [5.74, 6) is 1.37. The number of carbonyl (C=O) groups is 1. The lowest BCUT2D eigenvalue weighted by molar-refractivity contribution is -0.117. The number of hydrogen-bond donors (Lipinski definition) is 0. The first-order chi connectivity index (χ1) is 13.4. The van der Waals surface area contributed by atoms with E-state index in [4.69, 9.17) is 16.3 Å². The molecule has 0 bridgehead atoms. The number of amides is 1. The van der Waals surface area contributed by atoms with Crippen molar-refractivity contribution >= 4 is 34.8 Å². The summed E-state index contributed by atoms with van der Waals surface area (Å²) in [6.45, 7) is 3.10. The molecule has 0 fully saturated rings. The monoisotopic (exact) mass is 398 g/mol. The smallest absolute Gasteiger partial charge is 0.271 e. The summed E-state index contributed by atoms with van der Waals surface area (Å²) in [5, 5.41) is 0.716. The summed E-state index contributed by atoms with van der Waals surface area (Å²) in [5.41, 5.74) is 4.04. The molecule has 0 aromatic heterocycles. The molecule has 146 valence electrons. The van der Waals surface area contributed by atoms with Gasteiger partial charge in [-0.15, -0.1) is 0 Å². The molecule has 28 heavy (non-hydrogen) atoms. The highest BCUT2D eigenvalue weighted by atomic mass is 35.5. The normalized spacial score (nSPS) is 18.0. The van der Waals surface area contributed by atoms with Crippen LogP contribution < -0.4 is 14.5 Å². The minimum absolute atomic E-state index is 0.129. The quantitative estimate of drug-likeness (QED) is 0.788. The van der Waals surface area contributed by atoms with Gasteiger partial charge in [0.05, 0.1) is 23.5 Å². The molecule has 7 heteroatoms. The number of nitrogens with zero attached hydrogens (tertiary/aromatic N) is 4. The van der Waals surface area contributed by atoms with Crippen molar-refractivity contribution in [3.8, 4) is 5.75 Å². The average Bonchev–Trinajstić information content (AvgIpc) is 2.98. The Morgan fingerprint density at radius 1 is 1.21 bits per heavy atom. The van der Waals surface area contributed by atoms with Crippen LogP contribution in [0.3, 0.4) is 0 Å². The van der Waals surface area contributed by atoms with Crippen molar-refractivity contribution < 1.29 is 9.53 Å². The lowest BCUT2D eigenvalue weighted by Crippen LogP contribution is -2.49. The largest absolute Gasteiger partial charge is 0.497 e. The number of hydrogen-bond acceptors (Lipinski definition) is 5. The third-order valence-electron chi connectivity index (χ3n) is 5.27. The van der Waals surface area contributed by atoms with E-state index in [1.807, 2.05) is 67.2 Å². The number of anilines is 2. The fraction of sp³-hybridized carbons (Fsp3) is 0.333. The minimum Gasteiger partial charge on any atom is -0.497 e. The number of ether oxygens (including phenoxy) is 1. The molecule has 0 aliphatic carbocycles. The van der Waals surface area contributed by atoms with Gasteiger partial charge in [-0.2, -0.15) is 4.99 Å². The van der Waals surface area contributed by atoms with Crippen molar-refractivity contribution in [3.63, 3.8) is 0 Å². The third kappa shape index (κ3) is 2.98. The van der Waals surface area contributed by atoms with Crippen LogP contribution in [0.1, 0.15) is 18.1 Å². The van der Waals surface area contributed by atoms with Crippen LogP contribution in [0.5, 0.6) is 5.75 Å². The van der Waals surface area contributed by atoms with E-state index in [0.717, 1.165) is 28.3 Å². The Morgan fingerprint density at radius 3 is 2.57 bits per heavy atom. The number of aliphatic imine (C=N–C) groups is 1. The van der Waals surface area contributed by atoms with Crippen LogP contribution in [0.15, 0.2) is 41.4 Å². The number of carbonyl (C=O) groups excluding carboxylic acids is 1. The molecule has 1 amide bonds. The second-order valence-electron chi connectivity index (χ2n) is 7.29. The summed E-state index contributed by atoms with van der Waals surface area (Å²) >= 11 is 6.77. The SMILES string of the molecule is COc1ccc(CN2Cc3c(ccc(N(C)C)c3Cl)N3C2=NC(=O)C3C)cc1. The highest BCUT2D eigenvalue weighted by Gasteiger charge is 2.41. The van der Waals surface area contributed by atoms with Gasteiger partial charge in [-0.05, 0) is 36.8 Å².